The van der Waals surface area contributed by atoms with Crippen LogP contribution >= 0.6 is 15.9 Å². The summed E-state index contributed by atoms with van der Waals surface area (Å²) in [5.41, 5.74) is 0.194. The summed E-state index contributed by atoms with van der Waals surface area (Å²) < 4.78 is 14.3. The highest BCUT2D eigenvalue weighted by Gasteiger charge is 2.18. The minimum absolute atomic E-state index is 0.114. The van der Waals surface area contributed by atoms with Gasteiger partial charge in [0.2, 0.25) is 0 Å². The molecule has 104 valence electrons. The van der Waals surface area contributed by atoms with Crippen molar-refractivity contribution >= 4 is 21.7 Å². The van der Waals surface area contributed by atoms with Crippen molar-refractivity contribution in [3.8, 4) is 0 Å². The summed E-state index contributed by atoms with van der Waals surface area (Å²) in [5, 5.41) is 0. The van der Waals surface area contributed by atoms with Crippen molar-refractivity contribution in [1.29, 1.82) is 0 Å². The molecule has 0 saturated carbocycles. The molecule has 0 N–H and O–H groups in total. The van der Waals surface area contributed by atoms with Gasteiger partial charge in [-0.3, -0.25) is 4.79 Å². The third-order valence-electron chi connectivity index (χ3n) is 3.63. The summed E-state index contributed by atoms with van der Waals surface area (Å²) in [7, 11) is 0. The van der Waals surface area contributed by atoms with Crippen LogP contribution in [0.1, 0.15) is 36.5 Å². The van der Waals surface area contributed by atoms with E-state index in [-0.39, 0.29) is 11.3 Å². The van der Waals surface area contributed by atoms with E-state index in [2.05, 4.69) is 27.8 Å². The van der Waals surface area contributed by atoms with E-state index >= 15 is 0 Å². The first kappa shape index (κ1) is 14.7. The van der Waals surface area contributed by atoms with Gasteiger partial charge in [-0.25, -0.2) is 4.39 Å². The molecule has 2 nitrogen and oxygen atoms in total. The average Bonchev–Trinajstić information content (AvgIpc) is 2.39. The minimum Gasteiger partial charge on any atom is -0.303 e. The number of nitrogens with zero attached hydrogens (tertiary/aromatic N) is 1. The Hall–Kier alpha value is -0.740. The number of hydrogen-bond acceptors (Lipinski definition) is 2. The molecule has 0 aromatic heterocycles. The number of carbonyl (C=O) groups is 1. The molecule has 4 heteroatoms. The van der Waals surface area contributed by atoms with Gasteiger partial charge in [-0.1, -0.05) is 22.9 Å². The molecule has 1 saturated heterocycles. The van der Waals surface area contributed by atoms with Crippen LogP contribution in [0.3, 0.4) is 0 Å². The largest absolute Gasteiger partial charge is 0.303 e. The molecule has 1 aliphatic heterocycles. The van der Waals surface area contributed by atoms with Gasteiger partial charge in [0.15, 0.2) is 5.78 Å². The number of benzene rings is 1. The van der Waals surface area contributed by atoms with E-state index < -0.39 is 5.82 Å². The lowest BCUT2D eigenvalue weighted by Gasteiger charge is -2.30. The third kappa shape index (κ3) is 4.11. The Bertz CT molecular complexity index is 463. The number of halogens is 2. The quantitative estimate of drug-likeness (QED) is 0.782. The van der Waals surface area contributed by atoms with Gasteiger partial charge in [0.1, 0.15) is 5.82 Å². The topological polar surface area (TPSA) is 20.3 Å². The number of piperidine rings is 1. The molecule has 1 aromatic rings. The Labute approximate surface area is 122 Å². The third-order valence-corrected chi connectivity index (χ3v) is 4.12. The van der Waals surface area contributed by atoms with Crippen LogP contribution in [0.2, 0.25) is 0 Å². The lowest BCUT2D eigenvalue weighted by Crippen LogP contribution is -2.35. The second-order valence-corrected chi connectivity index (χ2v) is 6.26. The van der Waals surface area contributed by atoms with E-state index in [0.29, 0.717) is 12.3 Å². The number of carbonyl (C=O) groups excluding carboxylic acids is 1. The molecule has 1 unspecified atom stereocenters. The summed E-state index contributed by atoms with van der Waals surface area (Å²) in [6.07, 6.45) is 2.85. The lowest BCUT2D eigenvalue weighted by molar-refractivity contribution is 0.0945. The van der Waals surface area contributed by atoms with Gasteiger partial charge in [0.25, 0.3) is 0 Å². The maximum Gasteiger partial charge on any atom is 0.167 e. The van der Waals surface area contributed by atoms with E-state index in [1.807, 2.05) is 0 Å². The normalized spacial score (nSPS) is 20.5. The molecule has 1 aromatic carbocycles. The monoisotopic (exact) mass is 327 g/mol. The Morgan fingerprint density at radius 3 is 3.05 bits per heavy atom. The zero-order valence-corrected chi connectivity index (χ0v) is 12.7. The standard InChI is InChI=1S/C15H19BrFNO/c1-11-3-2-7-18(10-11)8-6-15(19)13-9-12(16)4-5-14(13)17/h4-5,9,11H,2-3,6-8,10H2,1H3. The number of ketones is 1. The zero-order valence-electron chi connectivity index (χ0n) is 11.2. The fraction of sp³-hybridized carbons (Fsp3) is 0.533. The first-order valence-electron chi connectivity index (χ1n) is 6.77. The minimum atomic E-state index is -0.430. The molecular weight excluding hydrogens is 309 g/mol. The van der Waals surface area contributed by atoms with Crippen molar-refractivity contribution in [1.82, 2.24) is 4.90 Å². The first-order chi connectivity index (χ1) is 9.06. The Morgan fingerprint density at radius 2 is 2.32 bits per heavy atom. The van der Waals surface area contributed by atoms with Crippen LogP contribution in [0.25, 0.3) is 0 Å². The number of hydrogen-bond donors (Lipinski definition) is 0. The van der Waals surface area contributed by atoms with Crippen molar-refractivity contribution in [2.45, 2.75) is 26.2 Å². The average molecular weight is 328 g/mol. The predicted octanol–water partition coefficient (Wildman–Crippen LogP) is 3.89. The van der Waals surface area contributed by atoms with E-state index in [1.165, 1.54) is 18.9 Å². The molecular formula is C15H19BrFNO. The van der Waals surface area contributed by atoms with Gasteiger partial charge >= 0.3 is 0 Å². The van der Waals surface area contributed by atoms with Gasteiger partial charge < -0.3 is 4.90 Å². The summed E-state index contributed by atoms with van der Waals surface area (Å²) in [5.74, 6) is 0.156. The number of rotatable bonds is 4. The van der Waals surface area contributed by atoms with Crippen LogP contribution in [0.15, 0.2) is 22.7 Å². The lowest BCUT2D eigenvalue weighted by atomic mass is 9.99. The maximum atomic E-state index is 13.6. The summed E-state index contributed by atoms with van der Waals surface area (Å²) >= 11 is 3.27. The molecule has 1 aliphatic rings. The van der Waals surface area contributed by atoms with Crippen LogP contribution in [-0.2, 0) is 0 Å². The highest BCUT2D eigenvalue weighted by atomic mass is 79.9. The number of likely N-dealkylation sites (tertiary alicyclic amines) is 1. The van der Waals surface area contributed by atoms with Crippen molar-refractivity contribution in [2.75, 3.05) is 19.6 Å². The second kappa shape index (κ2) is 6.62. The highest BCUT2D eigenvalue weighted by Crippen LogP contribution is 2.19. The Balaban J connectivity index is 1.92. The molecule has 1 atom stereocenters. The van der Waals surface area contributed by atoms with Crippen LogP contribution in [0.5, 0.6) is 0 Å². The molecule has 2 rings (SSSR count). The summed E-state index contributed by atoms with van der Waals surface area (Å²) in [6, 6.07) is 4.51. The highest BCUT2D eigenvalue weighted by molar-refractivity contribution is 9.10. The Kier molecular flexibility index (Phi) is 5.11. The molecule has 0 spiro atoms. The molecule has 0 amide bonds. The van der Waals surface area contributed by atoms with Crippen molar-refractivity contribution in [3.05, 3.63) is 34.1 Å². The van der Waals surface area contributed by atoms with Gasteiger partial charge in [-0.05, 0) is 43.5 Å². The van der Waals surface area contributed by atoms with E-state index in [4.69, 9.17) is 0 Å². The second-order valence-electron chi connectivity index (χ2n) is 5.35. The van der Waals surface area contributed by atoms with Crippen molar-refractivity contribution < 1.29 is 9.18 Å². The first-order valence-corrected chi connectivity index (χ1v) is 7.56. The molecule has 1 heterocycles. The van der Waals surface area contributed by atoms with Crippen molar-refractivity contribution in [3.63, 3.8) is 0 Å². The fourth-order valence-corrected chi connectivity index (χ4v) is 2.96. The van der Waals surface area contributed by atoms with E-state index in [9.17, 15) is 9.18 Å². The molecule has 0 bridgehead atoms. The summed E-state index contributed by atoms with van der Waals surface area (Å²) in [6.45, 7) is 5.07. The molecule has 0 aliphatic carbocycles. The fourth-order valence-electron chi connectivity index (χ4n) is 2.60. The van der Waals surface area contributed by atoms with E-state index in [1.54, 1.807) is 12.1 Å². The van der Waals surface area contributed by atoms with Crippen LogP contribution < -0.4 is 0 Å². The Morgan fingerprint density at radius 1 is 1.53 bits per heavy atom. The SMILES string of the molecule is CC1CCCN(CCC(=O)c2cc(Br)ccc2F)C1. The van der Waals surface area contributed by atoms with Gasteiger partial charge in [0, 0.05) is 24.0 Å². The van der Waals surface area contributed by atoms with Gasteiger partial charge in [-0.15, -0.1) is 0 Å². The number of Topliss-reactive ketones (excluding diaryl/α,β-unsaturated/α-hetero) is 1. The zero-order chi connectivity index (χ0) is 13.8. The predicted molar refractivity (Wildman–Crippen MR) is 77.9 cm³/mol. The van der Waals surface area contributed by atoms with Crippen molar-refractivity contribution in [2.24, 2.45) is 5.92 Å². The maximum absolute atomic E-state index is 13.6. The van der Waals surface area contributed by atoms with Gasteiger partial charge in [0.05, 0.1) is 5.56 Å². The smallest absolute Gasteiger partial charge is 0.167 e. The van der Waals surface area contributed by atoms with Crippen LogP contribution in [0.4, 0.5) is 4.39 Å². The van der Waals surface area contributed by atoms with Crippen LogP contribution in [-0.4, -0.2) is 30.3 Å². The van der Waals surface area contributed by atoms with Crippen LogP contribution in [0, 0.1) is 11.7 Å². The van der Waals surface area contributed by atoms with E-state index in [0.717, 1.165) is 24.1 Å². The molecule has 19 heavy (non-hydrogen) atoms. The molecule has 1 fully saturated rings. The summed E-state index contributed by atoms with van der Waals surface area (Å²) in [4.78, 5) is 14.4. The van der Waals surface area contributed by atoms with Gasteiger partial charge in [-0.2, -0.15) is 0 Å². The molecule has 0 radical (unpaired) electrons.